The number of para-hydroxylation sites is 1. The van der Waals surface area contributed by atoms with Gasteiger partial charge in [0.2, 0.25) is 0 Å². The zero-order chi connectivity index (χ0) is 17.1. The van der Waals surface area contributed by atoms with E-state index >= 15 is 0 Å². The van der Waals surface area contributed by atoms with Crippen LogP contribution in [0.2, 0.25) is 0 Å². The van der Waals surface area contributed by atoms with Crippen molar-refractivity contribution >= 4 is 29.9 Å². The quantitative estimate of drug-likeness (QED) is 0.857. The topological polar surface area (TPSA) is 70.7 Å². The number of fused-ring (bicyclic) bond motifs is 1. The van der Waals surface area contributed by atoms with Gasteiger partial charge < -0.3 is 20.3 Å². The molecule has 0 bridgehead atoms. The number of piperidine rings is 1. The highest BCUT2D eigenvalue weighted by atomic mass is 35.5. The number of amides is 2. The number of anilines is 1. The van der Waals surface area contributed by atoms with E-state index < -0.39 is 6.10 Å². The number of carbonyl (C=O) groups is 2. The fourth-order valence-corrected chi connectivity index (χ4v) is 3.36. The van der Waals surface area contributed by atoms with Crippen molar-refractivity contribution in [3.05, 3.63) is 23.8 Å². The van der Waals surface area contributed by atoms with Gasteiger partial charge in [0.1, 0.15) is 0 Å². The molecule has 0 aliphatic carbocycles. The van der Waals surface area contributed by atoms with E-state index in [1.54, 1.807) is 25.1 Å². The summed E-state index contributed by atoms with van der Waals surface area (Å²) >= 11 is 0. The molecule has 6 nitrogen and oxygen atoms in total. The Labute approximate surface area is 154 Å². The van der Waals surface area contributed by atoms with Crippen LogP contribution in [-0.4, -0.2) is 48.5 Å². The van der Waals surface area contributed by atoms with Crippen molar-refractivity contribution in [3.8, 4) is 5.75 Å². The lowest BCUT2D eigenvalue weighted by Gasteiger charge is -2.35. The molecule has 0 saturated carbocycles. The second-order valence-corrected chi connectivity index (χ2v) is 6.41. The normalized spacial score (nSPS) is 19.9. The van der Waals surface area contributed by atoms with E-state index in [9.17, 15) is 9.59 Å². The van der Waals surface area contributed by atoms with Crippen LogP contribution in [0.4, 0.5) is 5.69 Å². The van der Waals surface area contributed by atoms with E-state index in [2.05, 4.69) is 17.6 Å². The summed E-state index contributed by atoms with van der Waals surface area (Å²) in [4.78, 5) is 27.0. The number of hydrogen-bond acceptors (Lipinski definition) is 4. The monoisotopic (exact) mass is 367 g/mol. The SMILES string of the molecule is CCCN(C(=O)c1cccc2c1OC(C)C(=O)N2)C1CCNCC1.Cl. The standard InChI is InChI=1S/C18H25N3O3.ClH/c1-3-11-21(13-7-9-19-10-8-13)18(23)14-5-4-6-15-16(14)24-12(2)17(22)20-15;/h4-6,12-13,19H,3,7-11H2,1-2H3,(H,20,22);1H. The molecular weight excluding hydrogens is 342 g/mol. The molecular formula is C18H26ClN3O3. The Morgan fingerprint density at radius 2 is 2.04 bits per heavy atom. The zero-order valence-corrected chi connectivity index (χ0v) is 15.5. The molecule has 0 aromatic heterocycles. The van der Waals surface area contributed by atoms with Crippen LogP contribution in [0, 0.1) is 0 Å². The first-order valence-electron chi connectivity index (χ1n) is 8.74. The van der Waals surface area contributed by atoms with Gasteiger partial charge in [-0.3, -0.25) is 9.59 Å². The lowest BCUT2D eigenvalue weighted by atomic mass is 10.0. The first-order valence-corrected chi connectivity index (χ1v) is 8.74. The molecule has 2 aliphatic rings. The van der Waals surface area contributed by atoms with E-state index in [1.165, 1.54) is 0 Å². The number of rotatable bonds is 4. The Balaban J connectivity index is 0.00000225. The second-order valence-electron chi connectivity index (χ2n) is 6.41. The summed E-state index contributed by atoms with van der Waals surface area (Å²) in [6.07, 6.45) is 2.26. The molecule has 1 saturated heterocycles. The minimum absolute atomic E-state index is 0. The first kappa shape index (κ1) is 19.5. The van der Waals surface area contributed by atoms with Crippen LogP contribution in [0.5, 0.6) is 5.75 Å². The van der Waals surface area contributed by atoms with Crippen molar-refractivity contribution in [1.29, 1.82) is 0 Å². The largest absolute Gasteiger partial charge is 0.478 e. The lowest BCUT2D eigenvalue weighted by molar-refractivity contribution is -0.122. The maximum atomic E-state index is 13.2. The molecule has 7 heteroatoms. The van der Waals surface area contributed by atoms with E-state index in [0.717, 1.165) is 38.9 Å². The summed E-state index contributed by atoms with van der Waals surface area (Å²) in [5, 5.41) is 6.15. The zero-order valence-electron chi connectivity index (χ0n) is 14.7. The number of carbonyl (C=O) groups excluding carboxylic acids is 2. The van der Waals surface area contributed by atoms with Gasteiger partial charge in [-0.1, -0.05) is 13.0 Å². The number of ether oxygens (including phenoxy) is 1. The van der Waals surface area contributed by atoms with Gasteiger partial charge in [0, 0.05) is 12.6 Å². The molecule has 3 rings (SSSR count). The molecule has 1 fully saturated rings. The fraction of sp³-hybridized carbons (Fsp3) is 0.556. The molecule has 1 atom stereocenters. The number of halogens is 1. The predicted octanol–water partition coefficient (Wildman–Crippen LogP) is 2.43. The molecule has 2 heterocycles. The van der Waals surface area contributed by atoms with Crippen molar-refractivity contribution in [2.75, 3.05) is 25.0 Å². The molecule has 2 N–H and O–H groups in total. The van der Waals surface area contributed by atoms with Gasteiger partial charge in [0.15, 0.2) is 11.9 Å². The van der Waals surface area contributed by atoms with Gasteiger partial charge in [0.05, 0.1) is 11.3 Å². The molecule has 2 aliphatic heterocycles. The average Bonchev–Trinajstić information content (AvgIpc) is 2.60. The molecule has 1 unspecified atom stereocenters. The van der Waals surface area contributed by atoms with Crippen molar-refractivity contribution in [2.45, 2.75) is 45.3 Å². The van der Waals surface area contributed by atoms with Crippen molar-refractivity contribution < 1.29 is 14.3 Å². The minimum Gasteiger partial charge on any atom is -0.478 e. The lowest BCUT2D eigenvalue weighted by Crippen LogP contribution is -2.46. The maximum Gasteiger partial charge on any atom is 0.265 e. The summed E-state index contributed by atoms with van der Waals surface area (Å²) < 4.78 is 5.74. The fourth-order valence-electron chi connectivity index (χ4n) is 3.36. The second kappa shape index (κ2) is 8.54. The minimum atomic E-state index is -0.593. The van der Waals surface area contributed by atoms with Gasteiger partial charge in [-0.15, -0.1) is 12.4 Å². The summed E-state index contributed by atoms with van der Waals surface area (Å²) in [5.74, 6) is 0.296. The third-order valence-corrected chi connectivity index (χ3v) is 4.64. The van der Waals surface area contributed by atoms with Crippen molar-refractivity contribution in [1.82, 2.24) is 10.2 Å². The van der Waals surface area contributed by atoms with E-state index in [-0.39, 0.29) is 30.3 Å². The molecule has 1 aromatic rings. The molecule has 25 heavy (non-hydrogen) atoms. The summed E-state index contributed by atoms with van der Waals surface area (Å²) in [5.41, 5.74) is 1.11. The Morgan fingerprint density at radius 3 is 2.72 bits per heavy atom. The van der Waals surface area contributed by atoms with Gasteiger partial charge in [-0.2, -0.15) is 0 Å². The molecule has 1 aromatic carbocycles. The number of benzene rings is 1. The van der Waals surface area contributed by atoms with Crippen LogP contribution in [-0.2, 0) is 4.79 Å². The van der Waals surface area contributed by atoms with Crippen LogP contribution in [0.15, 0.2) is 18.2 Å². The van der Waals surface area contributed by atoms with Gasteiger partial charge in [-0.25, -0.2) is 0 Å². The van der Waals surface area contributed by atoms with Crippen LogP contribution in [0.25, 0.3) is 0 Å². The molecule has 2 amide bonds. The third-order valence-electron chi connectivity index (χ3n) is 4.64. The summed E-state index contributed by atoms with van der Waals surface area (Å²) in [6, 6.07) is 5.60. The van der Waals surface area contributed by atoms with E-state index in [4.69, 9.17) is 4.74 Å². The van der Waals surface area contributed by atoms with Gasteiger partial charge in [-0.05, 0) is 51.4 Å². The molecule has 0 radical (unpaired) electrons. The van der Waals surface area contributed by atoms with Crippen LogP contribution >= 0.6 is 12.4 Å². The van der Waals surface area contributed by atoms with Crippen LogP contribution in [0.1, 0.15) is 43.5 Å². The highest BCUT2D eigenvalue weighted by Crippen LogP contribution is 2.34. The Hall–Kier alpha value is -1.79. The average molecular weight is 368 g/mol. The predicted molar refractivity (Wildman–Crippen MR) is 99.6 cm³/mol. The Kier molecular flexibility index (Phi) is 6.67. The number of nitrogens with zero attached hydrogens (tertiary/aromatic N) is 1. The summed E-state index contributed by atoms with van der Waals surface area (Å²) in [6.45, 7) is 6.38. The van der Waals surface area contributed by atoms with Crippen molar-refractivity contribution in [2.24, 2.45) is 0 Å². The molecule has 0 spiro atoms. The van der Waals surface area contributed by atoms with Crippen LogP contribution < -0.4 is 15.4 Å². The van der Waals surface area contributed by atoms with Crippen molar-refractivity contribution in [3.63, 3.8) is 0 Å². The summed E-state index contributed by atoms with van der Waals surface area (Å²) in [7, 11) is 0. The van der Waals surface area contributed by atoms with E-state index in [0.29, 0.717) is 17.0 Å². The number of hydrogen-bond donors (Lipinski definition) is 2. The third kappa shape index (κ3) is 4.07. The highest BCUT2D eigenvalue weighted by Gasteiger charge is 2.31. The smallest absolute Gasteiger partial charge is 0.265 e. The first-order chi connectivity index (χ1) is 11.6. The Bertz CT molecular complexity index is 632. The highest BCUT2D eigenvalue weighted by molar-refractivity contribution is 6.04. The number of nitrogens with one attached hydrogen (secondary N) is 2. The maximum absolute atomic E-state index is 13.2. The van der Waals surface area contributed by atoms with Gasteiger partial charge >= 0.3 is 0 Å². The molecule has 138 valence electrons. The Morgan fingerprint density at radius 1 is 1.32 bits per heavy atom. The van der Waals surface area contributed by atoms with E-state index in [1.807, 2.05) is 4.90 Å². The van der Waals surface area contributed by atoms with Gasteiger partial charge in [0.25, 0.3) is 11.8 Å². The van der Waals surface area contributed by atoms with Crippen LogP contribution in [0.3, 0.4) is 0 Å².